The summed E-state index contributed by atoms with van der Waals surface area (Å²) in [6, 6.07) is 5.44. The average molecular weight is 307 g/mol. The van der Waals surface area contributed by atoms with Crippen LogP contribution in [0.5, 0.6) is 0 Å². The maximum Gasteiger partial charge on any atom is 0.261 e. The lowest BCUT2D eigenvalue weighted by molar-refractivity contribution is -0.119. The standard InChI is InChI=1S/C13H11BrN2O2/c14-8-1-3-10-11(7-8)15-12-4-2-9(17)5-6-16(12)13(10)18/h1,3,7H,2,4-6H2. The monoisotopic (exact) mass is 306 g/mol. The van der Waals surface area contributed by atoms with Crippen LogP contribution in [0.3, 0.4) is 0 Å². The zero-order valence-electron chi connectivity index (χ0n) is 9.65. The quantitative estimate of drug-likeness (QED) is 0.748. The summed E-state index contributed by atoms with van der Waals surface area (Å²) in [5.74, 6) is 0.918. The molecule has 0 amide bonds. The molecule has 1 aromatic carbocycles. The molecule has 2 heterocycles. The molecule has 92 valence electrons. The Labute approximate surface area is 112 Å². The Hall–Kier alpha value is -1.49. The highest BCUT2D eigenvalue weighted by Crippen LogP contribution is 2.17. The van der Waals surface area contributed by atoms with Crippen LogP contribution >= 0.6 is 15.9 Å². The molecular formula is C13H11BrN2O2. The number of Topliss-reactive ketones (excluding diaryl/α,β-unsaturated/α-hetero) is 1. The van der Waals surface area contributed by atoms with Gasteiger partial charge in [0.05, 0.1) is 10.9 Å². The Morgan fingerprint density at radius 2 is 2.00 bits per heavy atom. The van der Waals surface area contributed by atoms with Crippen LogP contribution in [0.4, 0.5) is 0 Å². The summed E-state index contributed by atoms with van der Waals surface area (Å²) in [6.07, 6.45) is 1.46. The molecule has 0 atom stereocenters. The number of aromatic nitrogens is 2. The number of carbonyl (C=O) groups excluding carboxylic acids is 1. The minimum absolute atomic E-state index is 0.0443. The van der Waals surface area contributed by atoms with Crippen molar-refractivity contribution in [1.82, 2.24) is 9.55 Å². The Kier molecular flexibility index (Phi) is 2.78. The number of benzene rings is 1. The van der Waals surface area contributed by atoms with E-state index < -0.39 is 0 Å². The van der Waals surface area contributed by atoms with Gasteiger partial charge in [-0.2, -0.15) is 0 Å². The lowest BCUT2D eigenvalue weighted by Crippen LogP contribution is -2.24. The second-order valence-electron chi connectivity index (χ2n) is 4.43. The molecule has 1 aliphatic heterocycles. The van der Waals surface area contributed by atoms with Crippen molar-refractivity contribution >= 4 is 32.6 Å². The van der Waals surface area contributed by atoms with E-state index in [2.05, 4.69) is 20.9 Å². The number of aryl methyl sites for hydroxylation is 1. The van der Waals surface area contributed by atoms with Crippen LogP contribution in [0, 0.1) is 0 Å². The van der Waals surface area contributed by atoms with E-state index in [0.717, 1.165) is 10.3 Å². The first kappa shape index (κ1) is 11.6. The van der Waals surface area contributed by atoms with Gasteiger partial charge < -0.3 is 0 Å². The molecule has 3 rings (SSSR count). The third-order valence-electron chi connectivity index (χ3n) is 3.24. The molecule has 1 aromatic heterocycles. The minimum Gasteiger partial charge on any atom is -0.300 e. The van der Waals surface area contributed by atoms with E-state index in [1.165, 1.54) is 0 Å². The van der Waals surface area contributed by atoms with Crippen molar-refractivity contribution in [2.45, 2.75) is 25.8 Å². The van der Waals surface area contributed by atoms with Gasteiger partial charge in [0.25, 0.3) is 5.56 Å². The topological polar surface area (TPSA) is 52.0 Å². The molecular weight excluding hydrogens is 296 g/mol. The first-order valence-electron chi connectivity index (χ1n) is 5.86. The van der Waals surface area contributed by atoms with Crippen LogP contribution in [-0.4, -0.2) is 15.3 Å². The number of hydrogen-bond donors (Lipinski definition) is 0. The molecule has 18 heavy (non-hydrogen) atoms. The van der Waals surface area contributed by atoms with E-state index in [1.54, 1.807) is 10.6 Å². The predicted molar refractivity (Wildman–Crippen MR) is 71.6 cm³/mol. The van der Waals surface area contributed by atoms with Crippen molar-refractivity contribution in [3.8, 4) is 0 Å². The number of halogens is 1. The molecule has 0 radical (unpaired) electrons. The van der Waals surface area contributed by atoms with Gasteiger partial charge in [0.2, 0.25) is 0 Å². The van der Waals surface area contributed by atoms with Gasteiger partial charge in [0.15, 0.2) is 0 Å². The Bertz CT molecular complexity index is 706. The van der Waals surface area contributed by atoms with Crippen LogP contribution in [0.2, 0.25) is 0 Å². The molecule has 1 aliphatic rings. The normalized spacial score (nSPS) is 15.5. The summed E-state index contributed by atoms with van der Waals surface area (Å²) in [7, 11) is 0. The van der Waals surface area contributed by atoms with Crippen LogP contribution in [-0.2, 0) is 17.8 Å². The summed E-state index contributed by atoms with van der Waals surface area (Å²) < 4.78 is 2.54. The number of rotatable bonds is 0. The van der Waals surface area contributed by atoms with Crippen molar-refractivity contribution in [2.75, 3.05) is 0 Å². The lowest BCUT2D eigenvalue weighted by Gasteiger charge is -2.09. The summed E-state index contributed by atoms with van der Waals surface area (Å²) in [6.45, 7) is 0.450. The number of ketones is 1. The van der Waals surface area contributed by atoms with Gasteiger partial charge in [-0.05, 0) is 18.2 Å². The molecule has 0 bridgehead atoms. The highest BCUT2D eigenvalue weighted by atomic mass is 79.9. The van der Waals surface area contributed by atoms with Gasteiger partial charge in [0, 0.05) is 30.3 Å². The summed E-state index contributed by atoms with van der Waals surface area (Å²) in [5, 5.41) is 0.608. The predicted octanol–water partition coefficient (Wildman–Crippen LogP) is 2.06. The molecule has 0 unspecified atom stereocenters. The van der Waals surface area contributed by atoms with Crippen LogP contribution in [0.1, 0.15) is 18.7 Å². The van der Waals surface area contributed by atoms with E-state index in [1.807, 2.05) is 12.1 Å². The van der Waals surface area contributed by atoms with Crippen molar-refractivity contribution in [3.63, 3.8) is 0 Å². The SMILES string of the molecule is O=C1CCc2nc3cc(Br)ccc3c(=O)n2CC1. The van der Waals surface area contributed by atoms with Gasteiger partial charge in [-0.25, -0.2) is 4.98 Å². The summed E-state index contributed by atoms with van der Waals surface area (Å²) in [5.41, 5.74) is 0.646. The van der Waals surface area contributed by atoms with Crippen molar-refractivity contribution in [3.05, 3.63) is 38.9 Å². The highest BCUT2D eigenvalue weighted by Gasteiger charge is 2.17. The maximum atomic E-state index is 12.3. The molecule has 0 aliphatic carbocycles. The fourth-order valence-electron chi connectivity index (χ4n) is 2.27. The van der Waals surface area contributed by atoms with E-state index in [4.69, 9.17) is 0 Å². The lowest BCUT2D eigenvalue weighted by atomic mass is 10.2. The molecule has 0 fully saturated rings. The highest BCUT2D eigenvalue weighted by molar-refractivity contribution is 9.10. The summed E-state index contributed by atoms with van der Waals surface area (Å²) >= 11 is 3.38. The minimum atomic E-state index is -0.0443. The number of hydrogen-bond acceptors (Lipinski definition) is 3. The second kappa shape index (κ2) is 4.31. The molecule has 5 heteroatoms. The first-order valence-corrected chi connectivity index (χ1v) is 6.65. The number of fused-ring (bicyclic) bond motifs is 2. The summed E-state index contributed by atoms with van der Waals surface area (Å²) in [4.78, 5) is 28.3. The Balaban J connectivity index is 2.29. The van der Waals surface area contributed by atoms with E-state index >= 15 is 0 Å². The third kappa shape index (κ3) is 1.88. The fourth-order valence-corrected chi connectivity index (χ4v) is 2.62. The van der Waals surface area contributed by atoms with E-state index in [0.29, 0.717) is 36.7 Å². The van der Waals surface area contributed by atoms with E-state index in [-0.39, 0.29) is 11.3 Å². The van der Waals surface area contributed by atoms with Crippen LogP contribution < -0.4 is 5.56 Å². The van der Waals surface area contributed by atoms with Crippen LogP contribution in [0.15, 0.2) is 27.5 Å². The third-order valence-corrected chi connectivity index (χ3v) is 3.73. The van der Waals surface area contributed by atoms with Gasteiger partial charge in [0.1, 0.15) is 11.6 Å². The molecule has 2 aromatic rings. The van der Waals surface area contributed by atoms with Crippen LogP contribution in [0.25, 0.3) is 10.9 Å². The maximum absolute atomic E-state index is 12.3. The smallest absolute Gasteiger partial charge is 0.261 e. The van der Waals surface area contributed by atoms with Gasteiger partial charge in [-0.3, -0.25) is 14.2 Å². The van der Waals surface area contributed by atoms with Crippen molar-refractivity contribution in [2.24, 2.45) is 0 Å². The van der Waals surface area contributed by atoms with Gasteiger partial charge >= 0.3 is 0 Å². The average Bonchev–Trinajstić information content (AvgIpc) is 2.52. The molecule has 0 saturated heterocycles. The zero-order valence-corrected chi connectivity index (χ0v) is 11.2. The molecule has 4 nitrogen and oxygen atoms in total. The Morgan fingerprint density at radius 3 is 2.83 bits per heavy atom. The largest absolute Gasteiger partial charge is 0.300 e. The molecule has 0 spiro atoms. The Morgan fingerprint density at radius 1 is 1.17 bits per heavy atom. The van der Waals surface area contributed by atoms with E-state index in [9.17, 15) is 9.59 Å². The first-order chi connectivity index (χ1) is 8.65. The molecule has 0 saturated carbocycles. The molecule has 0 N–H and O–H groups in total. The number of nitrogens with zero attached hydrogens (tertiary/aromatic N) is 2. The zero-order chi connectivity index (χ0) is 12.7. The van der Waals surface area contributed by atoms with Gasteiger partial charge in [-0.1, -0.05) is 15.9 Å². The van der Waals surface area contributed by atoms with Crippen molar-refractivity contribution in [1.29, 1.82) is 0 Å². The second-order valence-corrected chi connectivity index (χ2v) is 5.35. The fraction of sp³-hybridized carbons (Fsp3) is 0.308. The van der Waals surface area contributed by atoms with Crippen molar-refractivity contribution < 1.29 is 4.79 Å². The van der Waals surface area contributed by atoms with Gasteiger partial charge in [-0.15, -0.1) is 0 Å². The number of carbonyl (C=O) groups is 1.